The second kappa shape index (κ2) is 9.50. The van der Waals surface area contributed by atoms with E-state index in [1.165, 1.54) is 13.3 Å². The number of hydrogen-bond donors (Lipinski definition) is 2. The lowest BCUT2D eigenvalue weighted by atomic mass is 10.1. The Hall–Kier alpha value is -3.25. The summed E-state index contributed by atoms with van der Waals surface area (Å²) in [5.41, 5.74) is 3.18. The van der Waals surface area contributed by atoms with Gasteiger partial charge in [-0.2, -0.15) is 5.10 Å². The fourth-order valence-corrected chi connectivity index (χ4v) is 3.11. The van der Waals surface area contributed by atoms with Gasteiger partial charge in [-0.25, -0.2) is 5.43 Å². The van der Waals surface area contributed by atoms with Crippen LogP contribution in [0.15, 0.2) is 53.6 Å². The molecule has 0 spiro atoms. The summed E-state index contributed by atoms with van der Waals surface area (Å²) in [6.45, 7) is 3.96. The molecule has 0 aliphatic carbocycles. The van der Waals surface area contributed by atoms with Crippen molar-refractivity contribution >= 4 is 34.5 Å². The first kappa shape index (κ1) is 21.5. The van der Waals surface area contributed by atoms with Crippen molar-refractivity contribution in [1.82, 2.24) is 5.43 Å². The summed E-state index contributed by atoms with van der Waals surface area (Å²) >= 11 is 6.34. The van der Waals surface area contributed by atoms with E-state index in [-0.39, 0.29) is 17.4 Å². The highest BCUT2D eigenvalue weighted by molar-refractivity contribution is 6.32. The first-order valence-corrected chi connectivity index (χ1v) is 9.90. The number of phenols is 1. The molecule has 2 N–H and O–H groups in total. The average Bonchev–Trinajstić information content (AvgIpc) is 2.74. The van der Waals surface area contributed by atoms with E-state index in [0.717, 1.165) is 17.2 Å². The van der Waals surface area contributed by atoms with Crippen molar-refractivity contribution in [1.29, 1.82) is 0 Å². The molecule has 0 heterocycles. The summed E-state index contributed by atoms with van der Waals surface area (Å²) in [4.78, 5) is 12.4. The van der Waals surface area contributed by atoms with Gasteiger partial charge in [-0.3, -0.25) is 4.79 Å². The number of nitrogens with zero attached hydrogens (tertiary/aromatic N) is 1. The summed E-state index contributed by atoms with van der Waals surface area (Å²) in [6.07, 6.45) is 2.26. The number of benzene rings is 3. The van der Waals surface area contributed by atoms with Gasteiger partial charge in [0.25, 0.3) is 5.91 Å². The number of aromatic hydroxyl groups is 1. The number of amides is 1. The normalized spacial score (nSPS) is 12.1. The van der Waals surface area contributed by atoms with Crippen molar-refractivity contribution < 1.29 is 19.4 Å². The fourth-order valence-electron chi connectivity index (χ4n) is 2.85. The Morgan fingerprint density at radius 1 is 1.23 bits per heavy atom. The van der Waals surface area contributed by atoms with Crippen LogP contribution in [0, 0.1) is 0 Å². The van der Waals surface area contributed by atoms with E-state index in [4.69, 9.17) is 21.1 Å². The molecule has 1 atom stereocenters. The molecule has 3 aromatic rings. The predicted molar refractivity (Wildman–Crippen MR) is 119 cm³/mol. The van der Waals surface area contributed by atoms with Crippen LogP contribution in [0.3, 0.4) is 0 Å². The minimum absolute atomic E-state index is 0.00941. The molecule has 0 radical (unpaired) electrons. The third kappa shape index (κ3) is 4.83. The smallest absolute Gasteiger partial charge is 0.275 e. The van der Waals surface area contributed by atoms with E-state index >= 15 is 0 Å². The Labute approximate surface area is 180 Å². The van der Waals surface area contributed by atoms with Crippen LogP contribution in [-0.2, 0) is 0 Å². The van der Waals surface area contributed by atoms with E-state index in [1.54, 1.807) is 24.3 Å². The quantitative estimate of drug-likeness (QED) is 0.404. The van der Waals surface area contributed by atoms with Gasteiger partial charge in [-0.15, -0.1) is 0 Å². The Morgan fingerprint density at radius 2 is 1.93 bits per heavy atom. The molecule has 0 aromatic heterocycles. The second-order valence-electron chi connectivity index (χ2n) is 6.79. The van der Waals surface area contributed by atoms with Crippen LogP contribution >= 0.6 is 11.6 Å². The first-order valence-electron chi connectivity index (χ1n) is 9.52. The molecule has 1 unspecified atom stereocenters. The number of rotatable bonds is 7. The van der Waals surface area contributed by atoms with E-state index in [1.807, 2.05) is 38.1 Å². The van der Waals surface area contributed by atoms with E-state index in [0.29, 0.717) is 22.1 Å². The highest BCUT2D eigenvalue weighted by Gasteiger charge is 2.15. The monoisotopic (exact) mass is 426 g/mol. The Balaban J connectivity index is 1.77. The molecular weight excluding hydrogens is 404 g/mol. The predicted octanol–water partition coefficient (Wildman–Crippen LogP) is 5.15. The molecule has 0 saturated heterocycles. The van der Waals surface area contributed by atoms with Crippen molar-refractivity contribution in [3.8, 4) is 17.2 Å². The van der Waals surface area contributed by atoms with Crippen molar-refractivity contribution in [2.24, 2.45) is 5.10 Å². The zero-order valence-electron chi connectivity index (χ0n) is 17.0. The summed E-state index contributed by atoms with van der Waals surface area (Å²) in [6, 6.07) is 14.0. The highest BCUT2D eigenvalue weighted by atomic mass is 35.5. The van der Waals surface area contributed by atoms with Crippen LogP contribution in [0.1, 0.15) is 36.2 Å². The van der Waals surface area contributed by atoms with Crippen molar-refractivity contribution in [3.63, 3.8) is 0 Å². The molecule has 0 aliphatic heterocycles. The molecule has 0 saturated carbocycles. The minimum atomic E-state index is -0.524. The zero-order chi connectivity index (χ0) is 21.7. The molecule has 0 fully saturated rings. The highest BCUT2D eigenvalue weighted by Crippen LogP contribution is 2.37. The number of nitrogens with one attached hydrogen (secondary N) is 1. The minimum Gasteiger partial charge on any atom is -0.507 e. The third-order valence-corrected chi connectivity index (χ3v) is 4.91. The van der Waals surface area contributed by atoms with Crippen LogP contribution in [-0.4, -0.2) is 30.4 Å². The number of methoxy groups -OCH3 is 1. The number of hydrazone groups is 1. The van der Waals surface area contributed by atoms with Gasteiger partial charge in [0.15, 0.2) is 11.5 Å². The Bertz CT molecular complexity index is 1100. The van der Waals surface area contributed by atoms with Crippen molar-refractivity contribution in [2.45, 2.75) is 26.4 Å². The molecule has 156 valence electrons. The van der Waals surface area contributed by atoms with Crippen LogP contribution in [0.5, 0.6) is 17.2 Å². The molecular formula is C23H23ClN2O4. The van der Waals surface area contributed by atoms with Crippen LogP contribution in [0.25, 0.3) is 10.8 Å². The number of carbonyl (C=O) groups is 1. The van der Waals surface area contributed by atoms with Gasteiger partial charge in [0.2, 0.25) is 0 Å². The maximum Gasteiger partial charge on any atom is 0.275 e. The number of carbonyl (C=O) groups excluding carboxylic acids is 1. The lowest BCUT2D eigenvalue weighted by Gasteiger charge is -2.17. The van der Waals surface area contributed by atoms with Gasteiger partial charge in [-0.1, -0.05) is 42.8 Å². The van der Waals surface area contributed by atoms with Crippen molar-refractivity contribution in [3.05, 3.63) is 64.7 Å². The Kier molecular flexibility index (Phi) is 6.79. The van der Waals surface area contributed by atoms with Gasteiger partial charge in [0.1, 0.15) is 5.75 Å². The molecule has 30 heavy (non-hydrogen) atoms. The van der Waals surface area contributed by atoms with Gasteiger partial charge >= 0.3 is 0 Å². The average molecular weight is 427 g/mol. The SMILES string of the molecule is CCC(C)Oc1c(Cl)cc(C=NNC(=O)c2cc3ccccc3cc2O)cc1OC. The lowest BCUT2D eigenvalue weighted by molar-refractivity contribution is 0.0952. The summed E-state index contributed by atoms with van der Waals surface area (Å²) in [5.74, 6) is 0.306. The largest absolute Gasteiger partial charge is 0.507 e. The fraction of sp³-hybridized carbons (Fsp3) is 0.217. The number of ether oxygens (including phenoxy) is 2. The van der Waals surface area contributed by atoms with E-state index in [2.05, 4.69) is 10.5 Å². The van der Waals surface area contributed by atoms with Gasteiger partial charge < -0.3 is 14.6 Å². The lowest BCUT2D eigenvalue weighted by Crippen LogP contribution is -2.17. The number of fused-ring (bicyclic) bond motifs is 1. The van der Waals surface area contributed by atoms with E-state index in [9.17, 15) is 9.90 Å². The number of hydrogen-bond acceptors (Lipinski definition) is 5. The van der Waals surface area contributed by atoms with Gasteiger partial charge in [-0.05, 0) is 53.9 Å². The van der Waals surface area contributed by atoms with E-state index < -0.39 is 5.91 Å². The molecule has 7 heteroatoms. The van der Waals surface area contributed by atoms with Gasteiger partial charge in [0, 0.05) is 0 Å². The third-order valence-electron chi connectivity index (χ3n) is 4.63. The zero-order valence-corrected chi connectivity index (χ0v) is 17.7. The molecule has 3 rings (SSSR count). The topological polar surface area (TPSA) is 80.2 Å². The Morgan fingerprint density at radius 3 is 2.60 bits per heavy atom. The summed E-state index contributed by atoms with van der Waals surface area (Å²) < 4.78 is 11.2. The maximum absolute atomic E-state index is 12.4. The standard InChI is InChI=1S/C23H23ClN2O4/c1-4-14(2)30-22-19(24)9-15(10-21(22)29-3)13-25-26-23(28)18-11-16-7-5-6-8-17(16)12-20(18)27/h5-14,27H,4H2,1-3H3,(H,26,28). The molecule has 0 aliphatic rings. The molecule has 1 amide bonds. The molecule has 6 nitrogen and oxygen atoms in total. The van der Waals surface area contributed by atoms with Crippen LogP contribution in [0.4, 0.5) is 0 Å². The summed E-state index contributed by atoms with van der Waals surface area (Å²) in [7, 11) is 1.53. The molecule has 0 bridgehead atoms. The van der Waals surface area contributed by atoms with Crippen molar-refractivity contribution in [2.75, 3.05) is 7.11 Å². The van der Waals surface area contributed by atoms with Crippen LogP contribution in [0.2, 0.25) is 5.02 Å². The van der Waals surface area contributed by atoms with Crippen LogP contribution < -0.4 is 14.9 Å². The first-order chi connectivity index (χ1) is 14.4. The number of phenolic OH excluding ortho intramolecular Hbond substituents is 1. The second-order valence-corrected chi connectivity index (χ2v) is 7.19. The van der Waals surface area contributed by atoms with Gasteiger partial charge in [0.05, 0.1) is 30.0 Å². The molecule has 3 aromatic carbocycles. The maximum atomic E-state index is 12.4. The summed E-state index contributed by atoms with van der Waals surface area (Å²) in [5, 5.41) is 16.2. The number of halogens is 1.